The molecule has 0 radical (unpaired) electrons. The van der Waals surface area contributed by atoms with Crippen LogP contribution in [0.15, 0.2) is 42.5 Å². The molecule has 1 fully saturated rings. The van der Waals surface area contributed by atoms with Crippen molar-refractivity contribution in [2.24, 2.45) is 0 Å². The summed E-state index contributed by atoms with van der Waals surface area (Å²) in [6.07, 6.45) is 1.06. The highest BCUT2D eigenvalue weighted by Gasteiger charge is 2.22. The van der Waals surface area contributed by atoms with Crippen molar-refractivity contribution in [2.75, 3.05) is 24.1 Å². The fourth-order valence-electron chi connectivity index (χ4n) is 3.06. The maximum Gasteiger partial charge on any atom is 0.317 e. The number of urea groups is 1. The van der Waals surface area contributed by atoms with Crippen LogP contribution < -0.4 is 21.7 Å². The average molecular weight is 432 g/mol. The Balaban J connectivity index is 1.63. The highest BCUT2D eigenvalue weighted by Crippen LogP contribution is 2.25. The number of carbonyl (C=O) groups is 1. The Bertz CT molecular complexity index is 914. The summed E-state index contributed by atoms with van der Waals surface area (Å²) < 4.78 is 0. The van der Waals surface area contributed by atoms with E-state index < -0.39 is 5.54 Å². The summed E-state index contributed by atoms with van der Waals surface area (Å²) in [5, 5.41) is 10.5. The van der Waals surface area contributed by atoms with Gasteiger partial charge in [-0.15, -0.1) is 0 Å². The first-order valence-electron chi connectivity index (χ1n) is 9.51. The third-order valence-corrected chi connectivity index (χ3v) is 5.43. The molecule has 2 amide bonds. The number of nitrogens with one attached hydrogen (secondary N) is 3. The molecule has 0 atom stereocenters. The fourth-order valence-corrected chi connectivity index (χ4v) is 3.62. The zero-order valence-corrected chi connectivity index (χ0v) is 18.2. The molecule has 29 heavy (non-hydrogen) atoms. The number of halogens is 1. The van der Waals surface area contributed by atoms with E-state index in [1.807, 2.05) is 56.3 Å². The van der Waals surface area contributed by atoms with Crippen molar-refractivity contribution in [2.45, 2.75) is 32.4 Å². The van der Waals surface area contributed by atoms with Gasteiger partial charge < -0.3 is 26.6 Å². The average Bonchev–Trinajstić information content (AvgIpc) is 2.60. The van der Waals surface area contributed by atoms with Crippen LogP contribution in [0.4, 0.5) is 16.2 Å². The quantitative estimate of drug-likeness (QED) is 0.424. The van der Waals surface area contributed by atoms with Crippen molar-refractivity contribution < 1.29 is 4.79 Å². The molecule has 2 aromatic rings. The van der Waals surface area contributed by atoms with Gasteiger partial charge >= 0.3 is 6.03 Å². The van der Waals surface area contributed by atoms with Crippen molar-refractivity contribution in [3.63, 3.8) is 0 Å². The van der Waals surface area contributed by atoms with E-state index in [4.69, 9.17) is 29.6 Å². The molecule has 0 aliphatic carbocycles. The first-order valence-corrected chi connectivity index (χ1v) is 10.3. The van der Waals surface area contributed by atoms with Gasteiger partial charge in [-0.1, -0.05) is 35.9 Å². The number of rotatable bonds is 5. The van der Waals surface area contributed by atoms with Crippen LogP contribution in [0.25, 0.3) is 0 Å². The largest absolute Gasteiger partial charge is 0.397 e. The van der Waals surface area contributed by atoms with Gasteiger partial charge in [-0.2, -0.15) is 0 Å². The lowest BCUT2D eigenvalue weighted by Gasteiger charge is -2.31. The lowest BCUT2D eigenvalue weighted by atomic mass is 9.94. The van der Waals surface area contributed by atoms with Gasteiger partial charge in [0.15, 0.2) is 5.11 Å². The number of hydrogen-bond donors (Lipinski definition) is 4. The summed E-state index contributed by atoms with van der Waals surface area (Å²) in [7, 11) is 0. The molecule has 3 rings (SSSR count). The summed E-state index contributed by atoms with van der Waals surface area (Å²) in [6.45, 7) is 6.04. The molecule has 6 nitrogen and oxygen atoms in total. The lowest BCUT2D eigenvalue weighted by Crippen LogP contribution is -2.47. The second kappa shape index (κ2) is 8.88. The summed E-state index contributed by atoms with van der Waals surface area (Å²) >= 11 is 11.6. The Kier molecular flexibility index (Phi) is 6.49. The Labute approximate surface area is 181 Å². The number of nitrogens with two attached hydrogens (primary N) is 1. The summed E-state index contributed by atoms with van der Waals surface area (Å²) in [5.41, 5.74) is 8.98. The SMILES string of the molecule is CC(C)(NC(=S)Nc1cccc(CNC(=O)N2CCC2)c1N)c1cccc(Cl)c1. The molecule has 0 spiro atoms. The molecule has 0 unspecified atom stereocenters. The van der Waals surface area contributed by atoms with E-state index in [2.05, 4.69) is 16.0 Å². The Morgan fingerprint density at radius 3 is 2.62 bits per heavy atom. The number of carbonyl (C=O) groups excluding carboxylic acids is 1. The molecule has 154 valence electrons. The lowest BCUT2D eigenvalue weighted by molar-refractivity contribution is 0.167. The number of anilines is 2. The molecule has 8 heteroatoms. The minimum atomic E-state index is -0.424. The Hall–Kier alpha value is -2.51. The molecule has 0 aromatic heterocycles. The molecule has 1 saturated heterocycles. The van der Waals surface area contributed by atoms with Crippen LogP contribution in [-0.4, -0.2) is 29.1 Å². The van der Waals surface area contributed by atoms with E-state index in [1.165, 1.54) is 0 Å². The minimum absolute atomic E-state index is 0.0607. The van der Waals surface area contributed by atoms with Crippen molar-refractivity contribution in [1.29, 1.82) is 0 Å². The van der Waals surface area contributed by atoms with Crippen LogP contribution in [0.2, 0.25) is 5.02 Å². The van der Waals surface area contributed by atoms with Gasteiger partial charge in [0.2, 0.25) is 0 Å². The van der Waals surface area contributed by atoms with E-state index >= 15 is 0 Å². The molecule has 1 aliphatic rings. The van der Waals surface area contributed by atoms with Crippen LogP contribution >= 0.6 is 23.8 Å². The van der Waals surface area contributed by atoms with Gasteiger partial charge in [0, 0.05) is 24.7 Å². The van der Waals surface area contributed by atoms with Crippen molar-refractivity contribution in [3.8, 4) is 0 Å². The standard InChI is InChI=1S/C21H26ClN5OS/c1-21(2,15-7-4-8-16(22)12-15)26-19(29)25-17-9-3-6-14(18(17)23)13-24-20(28)27-10-5-11-27/h3-4,6-9,12H,5,10-11,13,23H2,1-2H3,(H,24,28)(H2,25,26,29). The van der Waals surface area contributed by atoms with Gasteiger partial charge in [-0.05, 0) is 61.8 Å². The minimum Gasteiger partial charge on any atom is -0.397 e. The van der Waals surface area contributed by atoms with E-state index in [0.29, 0.717) is 28.1 Å². The predicted molar refractivity (Wildman–Crippen MR) is 123 cm³/mol. The second-order valence-corrected chi connectivity index (χ2v) is 8.44. The normalized spacial score (nSPS) is 13.4. The zero-order valence-electron chi connectivity index (χ0n) is 16.6. The molecule has 2 aromatic carbocycles. The van der Waals surface area contributed by atoms with E-state index in [9.17, 15) is 4.79 Å². The van der Waals surface area contributed by atoms with Crippen molar-refractivity contribution in [1.82, 2.24) is 15.5 Å². The van der Waals surface area contributed by atoms with Crippen molar-refractivity contribution >= 4 is 46.3 Å². The van der Waals surface area contributed by atoms with Crippen LogP contribution in [0.5, 0.6) is 0 Å². The number of nitrogens with zero attached hydrogens (tertiary/aromatic N) is 1. The predicted octanol–water partition coefficient (Wildman–Crippen LogP) is 4.06. The smallest absolute Gasteiger partial charge is 0.317 e. The molecule has 1 aliphatic heterocycles. The van der Waals surface area contributed by atoms with Gasteiger partial charge in [0.05, 0.1) is 16.9 Å². The van der Waals surface area contributed by atoms with Crippen LogP contribution in [0.3, 0.4) is 0 Å². The Morgan fingerprint density at radius 2 is 1.97 bits per heavy atom. The second-order valence-electron chi connectivity index (χ2n) is 7.59. The number of para-hydroxylation sites is 1. The Morgan fingerprint density at radius 1 is 1.24 bits per heavy atom. The summed E-state index contributed by atoms with van der Waals surface area (Å²) in [4.78, 5) is 13.8. The molecule has 5 N–H and O–H groups in total. The van der Waals surface area contributed by atoms with E-state index in [0.717, 1.165) is 30.6 Å². The van der Waals surface area contributed by atoms with E-state index in [-0.39, 0.29) is 6.03 Å². The van der Waals surface area contributed by atoms with Crippen LogP contribution in [0, 0.1) is 0 Å². The number of thiocarbonyl (C=S) groups is 1. The molecular formula is C21H26ClN5OS. The first kappa shape index (κ1) is 21.2. The number of hydrogen-bond acceptors (Lipinski definition) is 3. The van der Waals surface area contributed by atoms with Gasteiger partial charge in [-0.3, -0.25) is 0 Å². The highest BCUT2D eigenvalue weighted by molar-refractivity contribution is 7.80. The number of amides is 2. The van der Waals surface area contributed by atoms with Crippen LogP contribution in [-0.2, 0) is 12.1 Å². The number of likely N-dealkylation sites (tertiary alicyclic amines) is 1. The third kappa shape index (κ3) is 5.31. The summed E-state index contributed by atoms with van der Waals surface area (Å²) in [6, 6.07) is 13.2. The van der Waals surface area contributed by atoms with Gasteiger partial charge in [0.25, 0.3) is 0 Å². The van der Waals surface area contributed by atoms with Crippen LogP contribution in [0.1, 0.15) is 31.4 Å². The fraction of sp³-hybridized carbons (Fsp3) is 0.333. The van der Waals surface area contributed by atoms with Crippen molar-refractivity contribution in [3.05, 3.63) is 58.6 Å². The first-order chi connectivity index (χ1) is 13.8. The maximum atomic E-state index is 12.0. The molecule has 0 bridgehead atoms. The van der Waals surface area contributed by atoms with E-state index in [1.54, 1.807) is 4.90 Å². The summed E-state index contributed by atoms with van der Waals surface area (Å²) in [5.74, 6) is 0. The highest BCUT2D eigenvalue weighted by atomic mass is 35.5. The van der Waals surface area contributed by atoms with Gasteiger partial charge in [0.1, 0.15) is 0 Å². The maximum absolute atomic E-state index is 12.0. The van der Waals surface area contributed by atoms with Gasteiger partial charge in [-0.25, -0.2) is 4.79 Å². The zero-order chi connectivity index (χ0) is 21.0. The number of benzene rings is 2. The molecule has 1 heterocycles. The monoisotopic (exact) mass is 431 g/mol. The third-order valence-electron chi connectivity index (χ3n) is 4.99. The topological polar surface area (TPSA) is 82.4 Å². The molecular weight excluding hydrogens is 406 g/mol. The molecule has 0 saturated carbocycles. The number of nitrogen functional groups attached to an aromatic ring is 1.